The molecule has 22 heavy (non-hydrogen) atoms. The minimum atomic E-state index is -2.25. The van der Waals surface area contributed by atoms with E-state index in [1.165, 1.54) is 44.9 Å². The monoisotopic (exact) mass is 329 g/mol. The average molecular weight is 330 g/mol. The van der Waals surface area contributed by atoms with E-state index >= 15 is 0 Å². The van der Waals surface area contributed by atoms with E-state index < -0.39 is 8.56 Å². The van der Waals surface area contributed by atoms with Gasteiger partial charge in [-0.25, -0.2) is 0 Å². The minimum absolute atomic E-state index is 0.164. The summed E-state index contributed by atoms with van der Waals surface area (Å²) in [5.74, 6) is 0. The van der Waals surface area contributed by atoms with Crippen LogP contribution in [0.3, 0.4) is 0 Å². The highest BCUT2D eigenvalue weighted by Crippen LogP contribution is 2.42. The van der Waals surface area contributed by atoms with Gasteiger partial charge in [-0.15, -0.1) is 0 Å². The zero-order valence-corrected chi connectivity index (χ0v) is 15.8. The first kappa shape index (κ1) is 18.4. The lowest BCUT2D eigenvalue weighted by molar-refractivity contribution is -0.0157. The normalized spacial score (nSPS) is 29.6. The van der Waals surface area contributed by atoms with Gasteiger partial charge < -0.3 is 18.9 Å². The van der Waals surface area contributed by atoms with Gasteiger partial charge in [-0.3, -0.25) is 0 Å². The summed E-state index contributed by atoms with van der Waals surface area (Å²) >= 11 is 0. The number of nitrogens with one attached hydrogen (secondary N) is 1. The Morgan fingerprint density at radius 2 is 1.73 bits per heavy atom. The molecule has 1 heterocycles. The molecule has 0 aromatic heterocycles. The van der Waals surface area contributed by atoms with Crippen molar-refractivity contribution in [2.75, 3.05) is 27.9 Å². The van der Waals surface area contributed by atoms with Crippen LogP contribution in [-0.2, 0) is 13.6 Å². The summed E-state index contributed by atoms with van der Waals surface area (Å²) in [4.78, 5) is 0. The fourth-order valence-electron chi connectivity index (χ4n) is 4.51. The van der Waals surface area contributed by atoms with Gasteiger partial charge in [0.1, 0.15) is 5.22 Å². The molecule has 2 aliphatic rings. The van der Waals surface area contributed by atoms with E-state index in [0.29, 0.717) is 0 Å². The van der Waals surface area contributed by atoms with Crippen LogP contribution in [0.15, 0.2) is 0 Å². The Labute approximate surface area is 137 Å². The summed E-state index contributed by atoms with van der Waals surface area (Å²) in [7, 11) is 3.23. The maximum atomic E-state index is 6.05. The molecule has 4 nitrogen and oxygen atoms in total. The molecule has 1 unspecified atom stereocenters. The van der Waals surface area contributed by atoms with Crippen molar-refractivity contribution in [2.24, 2.45) is 0 Å². The zero-order chi connectivity index (χ0) is 15.9. The van der Waals surface area contributed by atoms with Gasteiger partial charge >= 0.3 is 8.56 Å². The molecule has 1 aliphatic carbocycles. The topological polar surface area (TPSA) is 39.7 Å². The molecule has 0 amide bonds. The molecule has 5 heteroatoms. The molecule has 2 fully saturated rings. The number of hydrogen-bond donors (Lipinski definition) is 1. The SMILES string of the molecule is COC1(CCCNC2CCCCC2)CCCC[Si]1(OC)OC. The largest absolute Gasteiger partial charge is 0.396 e. The van der Waals surface area contributed by atoms with E-state index in [-0.39, 0.29) is 5.22 Å². The lowest BCUT2D eigenvalue weighted by atomic mass is 9.95. The summed E-state index contributed by atoms with van der Waals surface area (Å²) in [5, 5.41) is 3.58. The van der Waals surface area contributed by atoms with Crippen LogP contribution in [0.5, 0.6) is 0 Å². The first-order valence-electron chi connectivity index (χ1n) is 9.11. The fraction of sp³-hybridized carbons (Fsp3) is 1.00. The van der Waals surface area contributed by atoms with Crippen molar-refractivity contribution in [3.63, 3.8) is 0 Å². The second-order valence-electron chi connectivity index (χ2n) is 6.96. The lowest BCUT2D eigenvalue weighted by Gasteiger charge is -2.48. The Kier molecular flexibility index (Phi) is 7.34. The Hall–Kier alpha value is 0.0569. The smallest absolute Gasteiger partial charge is 0.370 e. The molecule has 1 N–H and O–H groups in total. The van der Waals surface area contributed by atoms with Gasteiger partial charge in [-0.05, 0) is 44.7 Å². The Bertz CT molecular complexity index is 319. The van der Waals surface area contributed by atoms with Gasteiger partial charge in [0.25, 0.3) is 0 Å². The highest BCUT2D eigenvalue weighted by atomic mass is 28.4. The molecule has 1 atom stereocenters. The molecule has 1 aliphatic heterocycles. The van der Waals surface area contributed by atoms with Gasteiger partial charge in [0.05, 0.1) is 0 Å². The van der Waals surface area contributed by atoms with Crippen LogP contribution in [0.4, 0.5) is 0 Å². The molecular formula is C17H35NO3Si. The average Bonchev–Trinajstić information content (AvgIpc) is 2.60. The van der Waals surface area contributed by atoms with Crippen molar-refractivity contribution in [1.29, 1.82) is 0 Å². The summed E-state index contributed by atoms with van der Waals surface area (Å²) in [6, 6.07) is 1.80. The molecule has 130 valence electrons. The second kappa shape index (κ2) is 8.78. The molecule has 0 bridgehead atoms. The predicted octanol–water partition coefficient (Wildman–Crippen LogP) is 3.53. The van der Waals surface area contributed by atoms with Crippen LogP contribution in [-0.4, -0.2) is 47.7 Å². The van der Waals surface area contributed by atoms with Crippen molar-refractivity contribution in [3.8, 4) is 0 Å². The van der Waals surface area contributed by atoms with Gasteiger partial charge in [0.15, 0.2) is 0 Å². The third-order valence-corrected chi connectivity index (χ3v) is 10.3. The molecular weight excluding hydrogens is 294 g/mol. The van der Waals surface area contributed by atoms with Gasteiger partial charge in [-0.2, -0.15) is 0 Å². The van der Waals surface area contributed by atoms with Crippen LogP contribution in [0, 0.1) is 0 Å². The van der Waals surface area contributed by atoms with Crippen LogP contribution < -0.4 is 5.32 Å². The summed E-state index contributed by atoms with van der Waals surface area (Å²) in [6.07, 6.45) is 12.6. The second-order valence-corrected chi connectivity index (χ2v) is 10.7. The van der Waals surface area contributed by atoms with Gasteiger partial charge in [0, 0.05) is 27.4 Å². The summed E-state index contributed by atoms with van der Waals surface area (Å²) < 4.78 is 18.0. The highest BCUT2D eigenvalue weighted by molar-refractivity contribution is 6.70. The maximum Gasteiger partial charge on any atom is 0.370 e. The molecule has 0 radical (unpaired) electrons. The van der Waals surface area contributed by atoms with Crippen molar-refractivity contribution in [2.45, 2.75) is 81.5 Å². The van der Waals surface area contributed by atoms with Crippen molar-refractivity contribution in [3.05, 3.63) is 0 Å². The Morgan fingerprint density at radius 3 is 2.36 bits per heavy atom. The molecule has 1 saturated carbocycles. The molecule has 0 aromatic carbocycles. The summed E-state index contributed by atoms with van der Waals surface area (Å²) in [5.41, 5.74) is 0. The molecule has 1 saturated heterocycles. The highest BCUT2D eigenvalue weighted by Gasteiger charge is 2.58. The number of methoxy groups -OCH3 is 1. The summed E-state index contributed by atoms with van der Waals surface area (Å²) in [6.45, 7) is 1.09. The quantitative estimate of drug-likeness (QED) is 0.546. The molecule has 2 rings (SSSR count). The standard InChI is InChI=1S/C17H35NO3Si/c1-19-17(12-7-8-15-22(17,20-2)21-3)13-9-14-18-16-10-5-4-6-11-16/h16,18H,4-15H2,1-3H3. The lowest BCUT2D eigenvalue weighted by Crippen LogP contribution is -2.64. The Morgan fingerprint density at radius 1 is 1.00 bits per heavy atom. The van der Waals surface area contributed by atoms with Crippen molar-refractivity contribution >= 4 is 8.56 Å². The first-order chi connectivity index (χ1) is 10.7. The van der Waals surface area contributed by atoms with E-state index in [9.17, 15) is 0 Å². The van der Waals surface area contributed by atoms with E-state index in [0.717, 1.165) is 37.9 Å². The van der Waals surface area contributed by atoms with E-state index in [1.807, 2.05) is 21.3 Å². The fourth-order valence-corrected chi connectivity index (χ4v) is 8.42. The third kappa shape index (κ3) is 3.93. The predicted molar refractivity (Wildman–Crippen MR) is 92.3 cm³/mol. The first-order valence-corrected chi connectivity index (χ1v) is 11.1. The minimum Gasteiger partial charge on any atom is -0.396 e. The van der Waals surface area contributed by atoms with E-state index in [4.69, 9.17) is 13.6 Å². The van der Waals surface area contributed by atoms with Crippen LogP contribution >= 0.6 is 0 Å². The third-order valence-electron chi connectivity index (χ3n) is 5.88. The van der Waals surface area contributed by atoms with E-state index in [2.05, 4.69) is 5.32 Å². The van der Waals surface area contributed by atoms with Crippen LogP contribution in [0.1, 0.15) is 64.2 Å². The number of rotatable bonds is 8. The van der Waals surface area contributed by atoms with Crippen molar-refractivity contribution in [1.82, 2.24) is 5.32 Å². The van der Waals surface area contributed by atoms with Crippen LogP contribution in [0.2, 0.25) is 6.04 Å². The van der Waals surface area contributed by atoms with Gasteiger partial charge in [0.2, 0.25) is 0 Å². The Balaban J connectivity index is 1.85. The van der Waals surface area contributed by atoms with Crippen LogP contribution in [0.25, 0.3) is 0 Å². The molecule has 0 aromatic rings. The number of hydrogen-bond acceptors (Lipinski definition) is 4. The van der Waals surface area contributed by atoms with Gasteiger partial charge in [-0.1, -0.05) is 32.1 Å². The number of ether oxygens (including phenoxy) is 1. The zero-order valence-electron chi connectivity index (χ0n) is 14.8. The maximum absolute atomic E-state index is 6.05. The van der Waals surface area contributed by atoms with E-state index in [1.54, 1.807) is 0 Å². The molecule has 0 spiro atoms. The van der Waals surface area contributed by atoms with Crippen molar-refractivity contribution < 1.29 is 13.6 Å².